The Kier molecular flexibility index (Phi) is 3.84. The minimum atomic E-state index is -5.89. The van der Waals surface area contributed by atoms with E-state index in [-0.39, 0.29) is 5.39 Å². The third kappa shape index (κ3) is 2.82. The van der Waals surface area contributed by atoms with Gasteiger partial charge in [-0.2, -0.15) is 21.6 Å². The zero-order valence-electron chi connectivity index (χ0n) is 9.41. The lowest BCUT2D eigenvalue weighted by Crippen LogP contribution is -2.28. The number of alkyl halides is 3. The first-order valence-corrected chi connectivity index (χ1v) is 7.49. The van der Waals surface area contributed by atoms with Gasteiger partial charge in [0.1, 0.15) is 0 Å². The molecule has 0 aliphatic heterocycles. The molecule has 2 rings (SSSR count). The third-order valence-corrected chi connectivity index (χ3v) is 4.00. The molecule has 3 nitrogen and oxygen atoms in total. The molecule has 0 radical (unpaired) electrons. The summed E-state index contributed by atoms with van der Waals surface area (Å²) < 4.78 is 76.8. The zero-order valence-corrected chi connectivity index (χ0v) is 12.4. The van der Waals surface area contributed by atoms with E-state index in [4.69, 9.17) is 0 Å². The molecule has 9 heteroatoms. The van der Waals surface area contributed by atoms with Gasteiger partial charge in [0.05, 0.1) is 0 Å². The fourth-order valence-corrected chi connectivity index (χ4v) is 2.45. The van der Waals surface area contributed by atoms with Crippen LogP contribution in [0.2, 0.25) is 0 Å². The number of halogens is 5. The van der Waals surface area contributed by atoms with Crippen molar-refractivity contribution in [3.05, 3.63) is 39.7 Å². The van der Waals surface area contributed by atoms with E-state index in [1.54, 1.807) is 6.07 Å². The van der Waals surface area contributed by atoms with Gasteiger partial charge in [0, 0.05) is 8.96 Å². The first-order chi connectivity index (χ1) is 9.12. The molecule has 0 aliphatic rings. The van der Waals surface area contributed by atoms with Crippen LogP contribution in [-0.4, -0.2) is 13.9 Å². The summed E-state index contributed by atoms with van der Waals surface area (Å²) in [6.07, 6.45) is 0. The summed E-state index contributed by atoms with van der Waals surface area (Å²) in [5, 5.41) is 0.395. The van der Waals surface area contributed by atoms with Gasteiger partial charge in [0.15, 0.2) is 11.6 Å². The Morgan fingerprint density at radius 2 is 1.75 bits per heavy atom. The van der Waals surface area contributed by atoms with Gasteiger partial charge in [-0.15, -0.1) is 0 Å². The van der Waals surface area contributed by atoms with Gasteiger partial charge in [0.2, 0.25) is 0 Å². The molecule has 2 aromatic carbocycles. The minimum absolute atomic E-state index is 0.0275. The molecular weight excluding hydrogens is 415 g/mol. The molecule has 0 N–H and O–H groups in total. The smallest absolute Gasteiger partial charge is 0.373 e. The molecule has 0 amide bonds. The predicted molar refractivity (Wildman–Crippen MR) is 72.2 cm³/mol. The Bertz CT molecular complexity index is 771. The molecule has 108 valence electrons. The van der Waals surface area contributed by atoms with Gasteiger partial charge in [-0.1, -0.05) is 12.1 Å². The quantitative estimate of drug-likeness (QED) is 0.321. The topological polar surface area (TPSA) is 43.4 Å². The van der Waals surface area contributed by atoms with E-state index in [1.165, 1.54) is 18.2 Å². The summed E-state index contributed by atoms with van der Waals surface area (Å²) in [5.41, 5.74) is -5.61. The van der Waals surface area contributed by atoms with Gasteiger partial charge in [-0.25, -0.2) is 4.39 Å². The summed E-state index contributed by atoms with van der Waals surface area (Å²) >= 11 is 1.98. The number of rotatable bonds is 2. The number of benzene rings is 2. The van der Waals surface area contributed by atoms with Crippen molar-refractivity contribution in [3.63, 3.8) is 0 Å². The fourth-order valence-electron chi connectivity index (χ4n) is 1.47. The highest BCUT2D eigenvalue weighted by Gasteiger charge is 2.48. The second kappa shape index (κ2) is 5.02. The number of fused-ring (bicyclic) bond motifs is 1. The molecule has 0 fully saturated rings. The normalized spacial score (nSPS) is 12.7. The van der Waals surface area contributed by atoms with Crippen LogP contribution in [0.15, 0.2) is 30.3 Å². The van der Waals surface area contributed by atoms with Crippen LogP contribution in [-0.2, 0) is 10.1 Å². The largest absolute Gasteiger partial charge is 0.534 e. The van der Waals surface area contributed by atoms with Crippen molar-refractivity contribution in [3.8, 4) is 5.75 Å². The van der Waals surface area contributed by atoms with Crippen LogP contribution in [0.3, 0.4) is 0 Å². The molecule has 20 heavy (non-hydrogen) atoms. The van der Waals surface area contributed by atoms with Crippen LogP contribution in [0.25, 0.3) is 10.8 Å². The van der Waals surface area contributed by atoms with Gasteiger partial charge < -0.3 is 4.18 Å². The molecule has 0 saturated heterocycles. The van der Waals surface area contributed by atoms with E-state index < -0.39 is 27.2 Å². The minimum Gasteiger partial charge on any atom is -0.373 e. The van der Waals surface area contributed by atoms with Crippen LogP contribution < -0.4 is 4.18 Å². The van der Waals surface area contributed by atoms with Crippen LogP contribution >= 0.6 is 22.6 Å². The lowest BCUT2D eigenvalue weighted by Gasteiger charge is -2.11. The van der Waals surface area contributed by atoms with Gasteiger partial charge in [-0.05, 0) is 46.2 Å². The number of hydrogen-bond donors (Lipinski definition) is 0. The van der Waals surface area contributed by atoms with Crippen molar-refractivity contribution in [2.45, 2.75) is 5.51 Å². The first kappa shape index (κ1) is 15.3. The SMILES string of the molecule is O=S(=O)(Oc1ccc2cc(I)ccc2c1F)C(F)(F)F. The molecule has 0 saturated carbocycles. The molecule has 0 spiro atoms. The molecule has 0 heterocycles. The highest BCUT2D eigenvalue weighted by Crippen LogP contribution is 2.32. The molecule has 0 aliphatic carbocycles. The van der Waals surface area contributed by atoms with Crippen LogP contribution in [0.1, 0.15) is 0 Å². The van der Waals surface area contributed by atoms with E-state index in [2.05, 4.69) is 4.18 Å². The summed E-state index contributed by atoms with van der Waals surface area (Å²) in [6.45, 7) is 0. The van der Waals surface area contributed by atoms with Crippen molar-refractivity contribution in [2.24, 2.45) is 0 Å². The average Bonchev–Trinajstić information content (AvgIpc) is 2.31. The summed E-state index contributed by atoms with van der Waals surface area (Å²) in [4.78, 5) is 0. The lowest BCUT2D eigenvalue weighted by atomic mass is 10.1. The predicted octanol–water partition coefficient (Wildman–Crippen LogP) is 3.81. The highest BCUT2D eigenvalue weighted by molar-refractivity contribution is 14.1. The molecular formula is C11H5F4IO3S. The molecule has 0 atom stereocenters. The number of hydrogen-bond acceptors (Lipinski definition) is 3. The van der Waals surface area contributed by atoms with Crippen molar-refractivity contribution < 1.29 is 30.2 Å². The van der Waals surface area contributed by atoms with Crippen molar-refractivity contribution in [1.82, 2.24) is 0 Å². The molecule has 2 aromatic rings. The van der Waals surface area contributed by atoms with E-state index >= 15 is 0 Å². The van der Waals surface area contributed by atoms with Gasteiger partial charge in [0.25, 0.3) is 0 Å². The van der Waals surface area contributed by atoms with Crippen LogP contribution in [0.5, 0.6) is 5.75 Å². The Morgan fingerprint density at radius 1 is 1.10 bits per heavy atom. The van der Waals surface area contributed by atoms with Crippen LogP contribution in [0, 0.1) is 9.39 Å². The fraction of sp³-hybridized carbons (Fsp3) is 0.0909. The Labute approximate surface area is 124 Å². The first-order valence-electron chi connectivity index (χ1n) is 5.00. The second-order valence-electron chi connectivity index (χ2n) is 3.73. The monoisotopic (exact) mass is 420 g/mol. The average molecular weight is 420 g/mol. The van der Waals surface area contributed by atoms with Gasteiger partial charge in [-0.3, -0.25) is 0 Å². The summed E-state index contributed by atoms with van der Waals surface area (Å²) in [6, 6.07) is 6.59. The lowest BCUT2D eigenvalue weighted by molar-refractivity contribution is -0.0500. The maximum atomic E-state index is 14.0. The van der Waals surface area contributed by atoms with Crippen molar-refractivity contribution in [1.29, 1.82) is 0 Å². The van der Waals surface area contributed by atoms with E-state index in [0.29, 0.717) is 5.39 Å². The van der Waals surface area contributed by atoms with Crippen LogP contribution in [0.4, 0.5) is 17.6 Å². The van der Waals surface area contributed by atoms with Crippen molar-refractivity contribution in [2.75, 3.05) is 0 Å². The van der Waals surface area contributed by atoms with E-state index in [0.717, 1.165) is 9.64 Å². The Morgan fingerprint density at radius 3 is 2.35 bits per heavy atom. The highest BCUT2D eigenvalue weighted by atomic mass is 127. The maximum absolute atomic E-state index is 14.0. The zero-order chi connectivity index (χ0) is 15.1. The van der Waals surface area contributed by atoms with Crippen molar-refractivity contribution >= 4 is 43.5 Å². The molecule has 0 aromatic heterocycles. The summed E-state index contributed by atoms with van der Waals surface area (Å²) in [5.74, 6) is -2.15. The maximum Gasteiger partial charge on any atom is 0.534 e. The van der Waals surface area contributed by atoms with Gasteiger partial charge >= 0.3 is 15.6 Å². The Balaban J connectivity index is 2.53. The standard InChI is InChI=1S/C11H5F4IO3S/c12-10-8-3-2-7(16)5-6(8)1-4-9(10)19-20(17,18)11(13,14)15/h1-5H. The second-order valence-corrected chi connectivity index (χ2v) is 6.51. The molecule has 0 unspecified atom stereocenters. The molecule has 0 bridgehead atoms. The third-order valence-electron chi connectivity index (χ3n) is 2.36. The Hall–Kier alpha value is -1.10. The summed E-state index contributed by atoms with van der Waals surface area (Å²) in [7, 11) is -5.89. The van der Waals surface area contributed by atoms with E-state index in [9.17, 15) is 26.0 Å². The van der Waals surface area contributed by atoms with E-state index in [1.807, 2.05) is 22.6 Å².